The zero-order valence-corrected chi connectivity index (χ0v) is 14.8. The van der Waals surface area contributed by atoms with Crippen molar-refractivity contribution >= 4 is 16.5 Å². The van der Waals surface area contributed by atoms with E-state index in [1.807, 2.05) is 18.4 Å². The first kappa shape index (κ1) is 17.4. The van der Waals surface area contributed by atoms with Crippen molar-refractivity contribution in [3.05, 3.63) is 10.6 Å². The second-order valence-electron chi connectivity index (χ2n) is 5.89. The molecule has 4 nitrogen and oxygen atoms in total. The van der Waals surface area contributed by atoms with Crippen molar-refractivity contribution in [1.29, 1.82) is 0 Å². The molecule has 1 N–H and O–H groups in total. The van der Waals surface area contributed by atoms with Crippen LogP contribution in [0.5, 0.6) is 0 Å². The molecule has 0 aliphatic carbocycles. The highest BCUT2D eigenvalue weighted by molar-refractivity contribution is 7.15. The van der Waals surface area contributed by atoms with Gasteiger partial charge in [0.1, 0.15) is 0 Å². The summed E-state index contributed by atoms with van der Waals surface area (Å²) in [5, 5.41) is 4.42. The summed E-state index contributed by atoms with van der Waals surface area (Å²) in [6.45, 7) is 11.9. The third kappa shape index (κ3) is 4.43. The Hall–Kier alpha value is -0.650. The number of aromatic nitrogens is 1. The lowest BCUT2D eigenvalue weighted by molar-refractivity contribution is 0.373. The van der Waals surface area contributed by atoms with Gasteiger partial charge in [0.2, 0.25) is 0 Å². The molecule has 0 saturated heterocycles. The predicted molar refractivity (Wildman–Crippen MR) is 90.0 cm³/mol. The molecule has 1 aromatic heterocycles. The first-order valence-electron chi connectivity index (χ1n) is 7.46. The molecule has 0 bridgehead atoms. The van der Waals surface area contributed by atoms with E-state index < -0.39 is 0 Å². The Balaban J connectivity index is 3.00. The summed E-state index contributed by atoms with van der Waals surface area (Å²) < 4.78 is 0. The van der Waals surface area contributed by atoms with Crippen molar-refractivity contribution in [2.24, 2.45) is 0 Å². The van der Waals surface area contributed by atoms with Crippen molar-refractivity contribution in [3.8, 4) is 0 Å². The van der Waals surface area contributed by atoms with Gasteiger partial charge in [0.15, 0.2) is 5.13 Å². The zero-order valence-electron chi connectivity index (χ0n) is 14.0. The van der Waals surface area contributed by atoms with E-state index in [2.05, 4.69) is 56.9 Å². The van der Waals surface area contributed by atoms with Crippen molar-refractivity contribution in [2.45, 2.75) is 46.2 Å². The van der Waals surface area contributed by atoms with Gasteiger partial charge < -0.3 is 15.1 Å². The normalized spacial score (nSPS) is 13.2. The number of nitrogens with zero attached hydrogens (tertiary/aromatic N) is 3. The first-order chi connectivity index (χ1) is 9.40. The zero-order chi connectivity index (χ0) is 15.3. The summed E-state index contributed by atoms with van der Waals surface area (Å²) in [5.74, 6) is 0.478. The number of hydrogen-bond donors (Lipinski definition) is 1. The summed E-state index contributed by atoms with van der Waals surface area (Å²) in [5.41, 5.74) is 1.25. The number of rotatable bonds is 8. The van der Waals surface area contributed by atoms with Gasteiger partial charge in [-0.15, -0.1) is 11.3 Å². The lowest BCUT2D eigenvalue weighted by atomic mass is 10.1. The molecule has 0 aliphatic rings. The SMILES string of the molecule is CCN(c1nc(C(C)C)c(CNC)s1)C(C)CN(C)C. The number of nitrogens with one attached hydrogen (secondary N) is 1. The molecule has 5 heteroatoms. The topological polar surface area (TPSA) is 31.4 Å². The van der Waals surface area contributed by atoms with E-state index >= 15 is 0 Å². The fourth-order valence-electron chi connectivity index (χ4n) is 2.47. The molecule has 0 aromatic carbocycles. The maximum Gasteiger partial charge on any atom is 0.186 e. The van der Waals surface area contributed by atoms with Gasteiger partial charge in [-0.1, -0.05) is 13.8 Å². The summed E-state index contributed by atoms with van der Waals surface area (Å²) >= 11 is 1.83. The minimum Gasteiger partial charge on any atom is -0.344 e. The first-order valence-corrected chi connectivity index (χ1v) is 8.27. The van der Waals surface area contributed by atoms with Crippen LogP contribution in [0.4, 0.5) is 5.13 Å². The van der Waals surface area contributed by atoms with Crippen LogP contribution < -0.4 is 10.2 Å². The molecule has 0 spiro atoms. The quantitative estimate of drug-likeness (QED) is 0.799. The van der Waals surface area contributed by atoms with Gasteiger partial charge in [-0.25, -0.2) is 4.98 Å². The summed E-state index contributed by atoms with van der Waals surface area (Å²) in [6.07, 6.45) is 0. The van der Waals surface area contributed by atoms with Gasteiger partial charge in [-0.3, -0.25) is 0 Å². The second-order valence-corrected chi connectivity index (χ2v) is 6.95. The van der Waals surface area contributed by atoms with E-state index in [4.69, 9.17) is 4.98 Å². The Bertz CT molecular complexity index is 401. The van der Waals surface area contributed by atoms with Crippen LogP contribution >= 0.6 is 11.3 Å². The van der Waals surface area contributed by atoms with Crippen molar-refractivity contribution < 1.29 is 0 Å². The Labute approximate surface area is 128 Å². The van der Waals surface area contributed by atoms with E-state index in [0.717, 1.165) is 24.8 Å². The number of thiazole rings is 1. The third-order valence-corrected chi connectivity index (χ3v) is 4.46. The minimum atomic E-state index is 0.476. The van der Waals surface area contributed by atoms with Crippen molar-refractivity contribution in [2.75, 3.05) is 39.1 Å². The van der Waals surface area contributed by atoms with E-state index in [1.165, 1.54) is 10.6 Å². The molecular weight excluding hydrogens is 268 g/mol. The van der Waals surface area contributed by atoms with Crippen LogP contribution in [0.2, 0.25) is 0 Å². The molecule has 1 atom stereocenters. The molecule has 0 radical (unpaired) electrons. The molecule has 0 fully saturated rings. The van der Waals surface area contributed by atoms with Crippen LogP contribution in [0.3, 0.4) is 0 Å². The number of likely N-dealkylation sites (N-methyl/N-ethyl adjacent to an activating group) is 2. The monoisotopic (exact) mass is 298 g/mol. The van der Waals surface area contributed by atoms with Gasteiger partial charge >= 0.3 is 0 Å². The fourth-order valence-corrected chi connectivity index (χ4v) is 3.87. The third-order valence-electron chi connectivity index (χ3n) is 3.35. The maximum absolute atomic E-state index is 4.91. The summed E-state index contributed by atoms with van der Waals surface area (Å²) in [7, 11) is 6.24. The molecule has 116 valence electrons. The van der Waals surface area contributed by atoms with Gasteiger partial charge in [-0.2, -0.15) is 0 Å². The molecule has 1 heterocycles. The van der Waals surface area contributed by atoms with Crippen molar-refractivity contribution in [3.63, 3.8) is 0 Å². The van der Waals surface area contributed by atoms with Crippen LogP contribution in [0.25, 0.3) is 0 Å². The predicted octanol–water partition coefficient (Wildman–Crippen LogP) is 2.76. The molecule has 0 amide bonds. The molecule has 20 heavy (non-hydrogen) atoms. The van der Waals surface area contributed by atoms with Crippen LogP contribution in [-0.2, 0) is 6.54 Å². The molecule has 1 rings (SSSR count). The fraction of sp³-hybridized carbons (Fsp3) is 0.800. The van der Waals surface area contributed by atoms with E-state index in [0.29, 0.717) is 12.0 Å². The highest BCUT2D eigenvalue weighted by Crippen LogP contribution is 2.31. The Morgan fingerprint density at radius 3 is 2.35 bits per heavy atom. The second kappa shape index (κ2) is 7.96. The standard InChI is InChI=1S/C15H30N4S/c1-8-19(12(4)10-18(6)7)15-17-14(11(2)3)13(20-15)9-16-5/h11-12,16H,8-10H2,1-7H3. The van der Waals surface area contributed by atoms with E-state index in [9.17, 15) is 0 Å². The lowest BCUT2D eigenvalue weighted by Gasteiger charge is -2.29. The minimum absolute atomic E-state index is 0.476. The Morgan fingerprint density at radius 2 is 1.90 bits per heavy atom. The van der Waals surface area contributed by atoms with E-state index in [1.54, 1.807) is 0 Å². The van der Waals surface area contributed by atoms with Gasteiger partial charge in [-0.05, 0) is 40.9 Å². The van der Waals surface area contributed by atoms with Crippen molar-refractivity contribution in [1.82, 2.24) is 15.2 Å². The molecule has 1 unspecified atom stereocenters. The van der Waals surface area contributed by atoms with Crippen LogP contribution in [0.1, 0.15) is 44.2 Å². The summed E-state index contributed by atoms with van der Waals surface area (Å²) in [4.78, 5) is 10.9. The smallest absolute Gasteiger partial charge is 0.186 e. The van der Waals surface area contributed by atoms with Crippen LogP contribution in [-0.4, -0.2) is 50.2 Å². The average molecular weight is 298 g/mol. The van der Waals surface area contributed by atoms with Gasteiger partial charge in [0, 0.05) is 30.6 Å². The summed E-state index contributed by atoms with van der Waals surface area (Å²) in [6, 6.07) is 0.476. The van der Waals surface area contributed by atoms with Crippen LogP contribution in [0, 0.1) is 0 Å². The molecule has 0 aliphatic heterocycles. The van der Waals surface area contributed by atoms with Gasteiger partial charge in [0.05, 0.1) is 5.69 Å². The Morgan fingerprint density at radius 1 is 1.25 bits per heavy atom. The lowest BCUT2D eigenvalue weighted by Crippen LogP contribution is -2.40. The molecule has 1 aromatic rings. The Kier molecular flexibility index (Phi) is 6.92. The van der Waals surface area contributed by atoms with E-state index in [-0.39, 0.29) is 0 Å². The number of hydrogen-bond acceptors (Lipinski definition) is 5. The highest BCUT2D eigenvalue weighted by atomic mass is 32.1. The molecular formula is C15H30N4S. The number of anilines is 1. The maximum atomic E-state index is 4.91. The largest absolute Gasteiger partial charge is 0.344 e. The van der Waals surface area contributed by atoms with Crippen LogP contribution in [0.15, 0.2) is 0 Å². The molecule has 0 saturated carbocycles. The average Bonchev–Trinajstić information content (AvgIpc) is 2.73. The highest BCUT2D eigenvalue weighted by Gasteiger charge is 2.20. The van der Waals surface area contributed by atoms with Gasteiger partial charge in [0.25, 0.3) is 0 Å².